The number of halogens is 1. The van der Waals surface area contributed by atoms with Crippen molar-refractivity contribution in [1.82, 2.24) is 4.90 Å². The predicted molar refractivity (Wildman–Crippen MR) is 98.1 cm³/mol. The molecule has 0 unspecified atom stereocenters. The molecule has 8 heteroatoms. The molecule has 0 atom stereocenters. The van der Waals surface area contributed by atoms with E-state index in [0.29, 0.717) is 43.5 Å². The van der Waals surface area contributed by atoms with Gasteiger partial charge in [0.25, 0.3) is 5.69 Å². The fraction of sp³-hybridized carbons (Fsp3) is 0.611. The molecule has 1 amide bonds. The van der Waals surface area contributed by atoms with Crippen LogP contribution in [0.4, 0.5) is 21.5 Å². The number of nitro benzene ring substituents is 1. The number of hydrogen-bond donors (Lipinski definition) is 0. The minimum atomic E-state index is -0.544. The van der Waals surface area contributed by atoms with E-state index >= 15 is 0 Å². The lowest BCUT2D eigenvalue weighted by Crippen LogP contribution is -2.48. The normalized spacial score (nSPS) is 19.0. The van der Waals surface area contributed by atoms with Gasteiger partial charge in [-0.2, -0.15) is 0 Å². The molecule has 2 heterocycles. The lowest BCUT2D eigenvalue weighted by Gasteiger charge is -2.36. The van der Waals surface area contributed by atoms with E-state index in [4.69, 9.17) is 0 Å². The summed E-state index contributed by atoms with van der Waals surface area (Å²) in [5, 5.41) is 11.5. The minimum absolute atomic E-state index is 0.00128. The fourth-order valence-electron chi connectivity index (χ4n) is 3.69. The van der Waals surface area contributed by atoms with Gasteiger partial charge in [0.05, 0.1) is 16.7 Å². The molecule has 0 aromatic heterocycles. The molecule has 0 spiro atoms. The maximum absolute atomic E-state index is 14.6. The van der Waals surface area contributed by atoms with Crippen molar-refractivity contribution in [3.05, 3.63) is 28.1 Å². The zero-order valence-corrected chi connectivity index (χ0v) is 15.3. The van der Waals surface area contributed by atoms with Gasteiger partial charge in [0.2, 0.25) is 5.91 Å². The molecule has 0 saturated carbocycles. The zero-order chi connectivity index (χ0) is 18.8. The Morgan fingerprint density at radius 1 is 1.08 bits per heavy atom. The summed E-state index contributed by atoms with van der Waals surface area (Å²) in [7, 11) is 0. The third-order valence-electron chi connectivity index (χ3n) is 5.43. The van der Waals surface area contributed by atoms with Crippen molar-refractivity contribution in [2.45, 2.75) is 26.7 Å². The van der Waals surface area contributed by atoms with Crippen LogP contribution in [0.15, 0.2) is 12.1 Å². The summed E-state index contributed by atoms with van der Waals surface area (Å²) in [5.41, 5.74) is 0.660. The van der Waals surface area contributed by atoms with Crippen LogP contribution in [0.5, 0.6) is 0 Å². The molecule has 1 aromatic carbocycles. The second-order valence-corrected chi connectivity index (χ2v) is 7.21. The average molecular weight is 364 g/mol. The monoisotopic (exact) mass is 364 g/mol. The summed E-state index contributed by atoms with van der Waals surface area (Å²) in [6, 6.07) is 2.66. The summed E-state index contributed by atoms with van der Waals surface area (Å²) in [6.45, 7) is 7.25. The highest BCUT2D eigenvalue weighted by atomic mass is 19.1. The zero-order valence-electron chi connectivity index (χ0n) is 15.3. The SMILES string of the molecule is CC(=O)N1CCN(c2cc(N3CCC(C)CC3)c(F)cc2[N+](=O)[O-])CC1. The van der Waals surface area contributed by atoms with Crippen LogP contribution >= 0.6 is 0 Å². The van der Waals surface area contributed by atoms with Gasteiger partial charge >= 0.3 is 0 Å². The van der Waals surface area contributed by atoms with Crippen molar-refractivity contribution in [1.29, 1.82) is 0 Å². The van der Waals surface area contributed by atoms with Gasteiger partial charge in [-0.3, -0.25) is 14.9 Å². The Morgan fingerprint density at radius 2 is 1.65 bits per heavy atom. The van der Waals surface area contributed by atoms with Crippen molar-refractivity contribution in [3.63, 3.8) is 0 Å². The van der Waals surface area contributed by atoms with Crippen LogP contribution in [-0.4, -0.2) is 55.0 Å². The van der Waals surface area contributed by atoms with Gasteiger partial charge in [-0.05, 0) is 24.8 Å². The van der Waals surface area contributed by atoms with E-state index in [1.54, 1.807) is 11.0 Å². The number of anilines is 2. The van der Waals surface area contributed by atoms with Gasteiger partial charge in [-0.25, -0.2) is 4.39 Å². The number of nitrogens with zero attached hydrogens (tertiary/aromatic N) is 4. The van der Waals surface area contributed by atoms with Crippen molar-refractivity contribution >= 4 is 23.0 Å². The number of rotatable bonds is 3. The summed E-state index contributed by atoms with van der Waals surface area (Å²) >= 11 is 0. The molecule has 2 fully saturated rings. The van der Waals surface area contributed by atoms with Gasteiger partial charge in [-0.15, -0.1) is 0 Å². The molecule has 3 rings (SSSR count). The van der Waals surface area contributed by atoms with Gasteiger partial charge in [0.15, 0.2) is 5.82 Å². The number of hydrogen-bond acceptors (Lipinski definition) is 5. The van der Waals surface area contributed by atoms with Crippen LogP contribution < -0.4 is 9.80 Å². The smallest absolute Gasteiger partial charge is 0.295 e. The van der Waals surface area contributed by atoms with Crippen LogP contribution in [0.1, 0.15) is 26.7 Å². The van der Waals surface area contributed by atoms with Crippen molar-refractivity contribution in [3.8, 4) is 0 Å². The number of piperidine rings is 1. The topological polar surface area (TPSA) is 69.9 Å². The second kappa shape index (κ2) is 7.47. The lowest BCUT2D eigenvalue weighted by molar-refractivity contribution is -0.384. The molecule has 1 aromatic rings. The predicted octanol–water partition coefficient (Wildman–Crippen LogP) is 2.64. The standard InChI is InChI=1S/C18H25FN4O3/c1-13-3-5-21(6-4-13)16-12-17(18(23(25)26)11-15(16)19)22-9-7-20(8-10-22)14(2)24/h11-13H,3-10H2,1-2H3. The Bertz CT molecular complexity index is 696. The first-order valence-electron chi connectivity index (χ1n) is 9.10. The Morgan fingerprint density at radius 3 is 2.19 bits per heavy atom. The first-order chi connectivity index (χ1) is 12.4. The minimum Gasteiger partial charge on any atom is -0.369 e. The molecule has 2 aliphatic rings. The van der Waals surface area contributed by atoms with Gasteiger partial charge < -0.3 is 14.7 Å². The Hall–Kier alpha value is -2.38. The third-order valence-corrected chi connectivity index (χ3v) is 5.43. The molecule has 2 saturated heterocycles. The first-order valence-corrected chi connectivity index (χ1v) is 9.10. The Labute approximate surface area is 152 Å². The quantitative estimate of drug-likeness (QED) is 0.609. The van der Waals surface area contributed by atoms with Crippen LogP contribution in [0, 0.1) is 21.8 Å². The molecule has 142 valence electrons. The summed E-state index contributed by atoms with van der Waals surface area (Å²) in [5.74, 6) is 0.0743. The van der Waals surface area contributed by atoms with Crippen LogP contribution in [0.3, 0.4) is 0 Å². The van der Waals surface area contributed by atoms with Crippen molar-refractivity contribution < 1.29 is 14.1 Å². The van der Waals surface area contributed by atoms with E-state index in [1.165, 1.54) is 6.92 Å². The van der Waals surface area contributed by atoms with Crippen molar-refractivity contribution in [2.75, 3.05) is 49.1 Å². The van der Waals surface area contributed by atoms with Gasteiger partial charge in [0, 0.05) is 46.2 Å². The van der Waals surface area contributed by atoms with E-state index in [9.17, 15) is 19.3 Å². The molecule has 0 radical (unpaired) electrons. The number of piperazine rings is 1. The number of carbonyl (C=O) groups excluding carboxylic acids is 1. The summed E-state index contributed by atoms with van der Waals surface area (Å²) in [6.07, 6.45) is 1.98. The number of nitro groups is 1. The highest BCUT2D eigenvalue weighted by Crippen LogP contribution is 2.36. The summed E-state index contributed by atoms with van der Waals surface area (Å²) in [4.78, 5) is 28.0. The van der Waals surface area contributed by atoms with Crippen LogP contribution in [-0.2, 0) is 4.79 Å². The second-order valence-electron chi connectivity index (χ2n) is 7.21. The third kappa shape index (κ3) is 3.73. The van der Waals surface area contributed by atoms with Crippen LogP contribution in [0.2, 0.25) is 0 Å². The van der Waals surface area contributed by atoms with Crippen molar-refractivity contribution in [2.24, 2.45) is 5.92 Å². The Balaban J connectivity index is 1.89. The molecule has 0 N–H and O–H groups in total. The van der Waals surface area contributed by atoms with Gasteiger partial charge in [-0.1, -0.05) is 6.92 Å². The van der Waals surface area contributed by atoms with E-state index in [-0.39, 0.29) is 11.6 Å². The molecule has 0 bridgehead atoms. The first kappa shape index (κ1) is 18.4. The molecule has 0 aliphatic carbocycles. The van der Waals surface area contributed by atoms with E-state index < -0.39 is 10.7 Å². The number of benzene rings is 1. The largest absolute Gasteiger partial charge is 0.369 e. The van der Waals surface area contributed by atoms with Crippen LogP contribution in [0.25, 0.3) is 0 Å². The highest BCUT2D eigenvalue weighted by Gasteiger charge is 2.28. The Kier molecular flexibility index (Phi) is 5.29. The molecule has 2 aliphatic heterocycles. The maximum atomic E-state index is 14.6. The number of carbonyl (C=O) groups is 1. The maximum Gasteiger partial charge on any atom is 0.295 e. The van der Waals surface area contributed by atoms with E-state index in [2.05, 4.69) is 6.92 Å². The van der Waals surface area contributed by atoms with E-state index in [0.717, 1.165) is 32.0 Å². The highest BCUT2D eigenvalue weighted by molar-refractivity contribution is 5.75. The lowest BCUT2D eigenvalue weighted by atomic mass is 9.98. The molecule has 7 nitrogen and oxygen atoms in total. The molecule has 26 heavy (non-hydrogen) atoms. The molecular formula is C18H25FN4O3. The fourth-order valence-corrected chi connectivity index (χ4v) is 3.69. The summed E-state index contributed by atoms with van der Waals surface area (Å²) < 4.78 is 14.6. The average Bonchev–Trinajstić information content (AvgIpc) is 2.62. The molecular weight excluding hydrogens is 339 g/mol. The number of amides is 1. The van der Waals surface area contributed by atoms with Gasteiger partial charge in [0.1, 0.15) is 5.69 Å². The van der Waals surface area contributed by atoms with E-state index in [1.807, 2.05) is 9.80 Å².